The van der Waals surface area contributed by atoms with Crippen LogP contribution in [-0.4, -0.2) is 13.1 Å². The molecule has 114 valence electrons. The Kier molecular flexibility index (Phi) is 3.76. The molecule has 0 aliphatic heterocycles. The number of hydrogen-bond donors (Lipinski definition) is 1. The number of anilines is 2. The first-order valence-corrected chi connectivity index (χ1v) is 6.96. The van der Waals surface area contributed by atoms with Gasteiger partial charge in [-0.15, -0.1) is 0 Å². The van der Waals surface area contributed by atoms with Crippen LogP contribution in [-0.2, 0) is 4.74 Å². The molecule has 3 aromatic rings. The van der Waals surface area contributed by atoms with Gasteiger partial charge in [-0.05, 0) is 29.8 Å². The van der Waals surface area contributed by atoms with Crippen molar-refractivity contribution in [3.05, 3.63) is 80.6 Å². The highest BCUT2D eigenvalue weighted by Gasteiger charge is 2.22. The summed E-state index contributed by atoms with van der Waals surface area (Å²) in [5, 5.41) is 2.95. The number of nitrogens with one attached hydrogen (secondary N) is 1. The normalized spacial score (nSPS) is 10.5. The first-order valence-electron chi connectivity index (χ1n) is 6.96. The molecule has 5 heteroatoms. The van der Waals surface area contributed by atoms with E-state index in [0.717, 1.165) is 0 Å². The third-order valence-electron chi connectivity index (χ3n) is 3.55. The van der Waals surface area contributed by atoms with E-state index in [9.17, 15) is 14.4 Å². The summed E-state index contributed by atoms with van der Waals surface area (Å²) in [6.07, 6.45) is 0. The number of ether oxygens (including phenoxy) is 1. The zero-order valence-corrected chi connectivity index (χ0v) is 12.3. The SMILES string of the molecule is COC(=O)c1ccc(Nc2c(-c3ccccc3)c(=O)c2=O)cc1. The lowest BCUT2D eigenvalue weighted by atomic mass is 9.98. The van der Waals surface area contributed by atoms with Gasteiger partial charge in [0.05, 0.1) is 18.2 Å². The number of benzene rings is 2. The summed E-state index contributed by atoms with van der Waals surface area (Å²) in [4.78, 5) is 35.1. The number of methoxy groups -OCH3 is 1. The topological polar surface area (TPSA) is 72.5 Å². The molecule has 0 radical (unpaired) electrons. The van der Waals surface area contributed by atoms with Crippen molar-refractivity contribution in [1.82, 2.24) is 0 Å². The third-order valence-corrected chi connectivity index (χ3v) is 3.55. The largest absolute Gasteiger partial charge is 0.465 e. The van der Waals surface area contributed by atoms with Gasteiger partial charge in [0.1, 0.15) is 5.69 Å². The van der Waals surface area contributed by atoms with Crippen molar-refractivity contribution in [2.24, 2.45) is 0 Å². The standard InChI is InChI=1S/C18H13NO4/c1-23-18(22)12-7-9-13(10-8-12)19-15-14(16(20)17(15)21)11-5-3-2-4-6-11/h2-10,19H,1H3. The Morgan fingerprint density at radius 2 is 1.57 bits per heavy atom. The fourth-order valence-electron chi connectivity index (χ4n) is 2.34. The van der Waals surface area contributed by atoms with Crippen LogP contribution in [0.15, 0.2) is 64.2 Å². The predicted molar refractivity (Wildman–Crippen MR) is 87.9 cm³/mol. The molecule has 0 spiro atoms. The first kappa shape index (κ1) is 14.7. The second-order valence-corrected chi connectivity index (χ2v) is 4.97. The summed E-state index contributed by atoms with van der Waals surface area (Å²) in [6, 6.07) is 15.5. The molecular weight excluding hydrogens is 294 g/mol. The Labute approximate surface area is 131 Å². The Morgan fingerprint density at radius 1 is 0.913 bits per heavy atom. The molecule has 0 atom stereocenters. The average Bonchev–Trinajstić information content (AvgIpc) is 2.61. The number of rotatable bonds is 4. The molecule has 0 saturated heterocycles. The maximum atomic E-state index is 11.8. The van der Waals surface area contributed by atoms with Gasteiger partial charge in [0.15, 0.2) is 0 Å². The Hall–Kier alpha value is -3.21. The van der Waals surface area contributed by atoms with Crippen molar-refractivity contribution in [3.8, 4) is 11.1 Å². The number of carbonyl (C=O) groups is 1. The fraction of sp³-hybridized carbons (Fsp3) is 0.0556. The van der Waals surface area contributed by atoms with Crippen molar-refractivity contribution < 1.29 is 9.53 Å². The summed E-state index contributed by atoms with van der Waals surface area (Å²) >= 11 is 0. The summed E-state index contributed by atoms with van der Waals surface area (Å²) in [5.41, 5.74) is 1.34. The zero-order valence-electron chi connectivity index (χ0n) is 12.3. The molecule has 0 saturated carbocycles. The van der Waals surface area contributed by atoms with Crippen LogP contribution in [0.25, 0.3) is 11.1 Å². The molecule has 0 amide bonds. The third kappa shape index (κ3) is 2.64. The smallest absolute Gasteiger partial charge is 0.337 e. The van der Waals surface area contributed by atoms with Gasteiger partial charge in [0, 0.05) is 5.69 Å². The van der Waals surface area contributed by atoms with Gasteiger partial charge in [0.2, 0.25) is 5.43 Å². The molecule has 0 aliphatic carbocycles. The summed E-state index contributed by atoms with van der Waals surface area (Å²) < 4.78 is 4.63. The van der Waals surface area contributed by atoms with Gasteiger partial charge < -0.3 is 10.1 Å². The van der Waals surface area contributed by atoms with Crippen LogP contribution in [0, 0.1) is 0 Å². The molecule has 0 aliphatic rings. The van der Waals surface area contributed by atoms with Crippen LogP contribution < -0.4 is 16.2 Å². The lowest BCUT2D eigenvalue weighted by Crippen LogP contribution is -2.35. The highest BCUT2D eigenvalue weighted by molar-refractivity contribution is 5.90. The summed E-state index contributed by atoms with van der Waals surface area (Å²) in [5.74, 6) is -0.435. The molecule has 0 bridgehead atoms. The van der Waals surface area contributed by atoms with Gasteiger partial charge in [-0.2, -0.15) is 0 Å². The first-order chi connectivity index (χ1) is 11.1. The van der Waals surface area contributed by atoms with Crippen molar-refractivity contribution in [2.75, 3.05) is 12.4 Å². The van der Waals surface area contributed by atoms with E-state index < -0.39 is 16.8 Å². The molecule has 0 aromatic heterocycles. The Bertz CT molecular complexity index is 920. The van der Waals surface area contributed by atoms with Crippen LogP contribution in [0.3, 0.4) is 0 Å². The average molecular weight is 307 g/mol. The van der Waals surface area contributed by atoms with Crippen molar-refractivity contribution in [1.29, 1.82) is 0 Å². The van der Waals surface area contributed by atoms with Gasteiger partial charge in [-0.1, -0.05) is 30.3 Å². The quantitative estimate of drug-likeness (QED) is 0.592. The van der Waals surface area contributed by atoms with Gasteiger partial charge in [0.25, 0.3) is 5.43 Å². The Morgan fingerprint density at radius 3 is 2.17 bits per heavy atom. The second kappa shape index (κ2) is 5.88. The van der Waals surface area contributed by atoms with Crippen molar-refractivity contribution in [3.63, 3.8) is 0 Å². The van der Waals surface area contributed by atoms with Crippen LogP contribution in [0.2, 0.25) is 0 Å². The van der Waals surface area contributed by atoms with E-state index in [1.807, 2.05) is 6.07 Å². The maximum absolute atomic E-state index is 11.8. The van der Waals surface area contributed by atoms with E-state index in [0.29, 0.717) is 22.4 Å². The predicted octanol–water partition coefficient (Wildman–Crippen LogP) is 2.48. The molecule has 0 heterocycles. The highest BCUT2D eigenvalue weighted by Crippen LogP contribution is 2.26. The number of hydrogen-bond acceptors (Lipinski definition) is 5. The fourth-order valence-corrected chi connectivity index (χ4v) is 2.34. The van der Waals surface area contributed by atoms with E-state index in [1.54, 1.807) is 48.5 Å². The van der Waals surface area contributed by atoms with E-state index in [2.05, 4.69) is 10.1 Å². The van der Waals surface area contributed by atoms with Crippen LogP contribution in [0.4, 0.5) is 11.4 Å². The monoisotopic (exact) mass is 307 g/mol. The molecule has 1 N–H and O–H groups in total. The van der Waals surface area contributed by atoms with Crippen molar-refractivity contribution in [2.45, 2.75) is 0 Å². The number of carbonyl (C=O) groups excluding carboxylic acids is 1. The lowest BCUT2D eigenvalue weighted by molar-refractivity contribution is 0.0601. The van der Waals surface area contributed by atoms with E-state index in [1.165, 1.54) is 7.11 Å². The van der Waals surface area contributed by atoms with E-state index >= 15 is 0 Å². The minimum absolute atomic E-state index is 0.270. The van der Waals surface area contributed by atoms with E-state index in [-0.39, 0.29) is 5.69 Å². The zero-order chi connectivity index (χ0) is 16.4. The molecule has 0 unspecified atom stereocenters. The lowest BCUT2D eigenvalue weighted by Gasteiger charge is -2.13. The Balaban J connectivity index is 1.90. The molecule has 0 fully saturated rings. The molecule has 3 aromatic carbocycles. The summed E-state index contributed by atoms with van der Waals surface area (Å²) in [6.45, 7) is 0. The second-order valence-electron chi connectivity index (χ2n) is 4.97. The number of esters is 1. The highest BCUT2D eigenvalue weighted by atomic mass is 16.5. The molecule has 3 rings (SSSR count). The molecule has 23 heavy (non-hydrogen) atoms. The van der Waals surface area contributed by atoms with Gasteiger partial charge >= 0.3 is 5.97 Å². The molecular formula is C18H13NO4. The van der Waals surface area contributed by atoms with E-state index in [4.69, 9.17) is 0 Å². The minimum atomic E-state index is -0.541. The van der Waals surface area contributed by atoms with Crippen LogP contribution in [0.5, 0.6) is 0 Å². The minimum Gasteiger partial charge on any atom is -0.465 e. The molecule has 5 nitrogen and oxygen atoms in total. The van der Waals surface area contributed by atoms with Gasteiger partial charge in [-0.3, -0.25) is 9.59 Å². The van der Waals surface area contributed by atoms with Crippen molar-refractivity contribution >= 4 is 17.3 Å². The maximum Gasteiger partial charge on any atom is 0.337 e. The summed E-state index contributed by atoms with van der Waals surface area (Å²) in [7, 11) is 1.31. The van der Waals surface area contributed by atoms with Crippen LogP contribution >= 0.6 is 0 Å². The van der Waals surface area contributed by atoms with Crippen LogP contribution in [0.1, 0.15) is 10.4 Å². The van der Waals surface area contributed by atoms with Gasteiger partial charge in [-0.25, -0.2) is 4.79 Å².